The zero-order valence-electron chi connectivity index (χ0n) is 12.6. The van der Waals surface area contributed by atoms with Gasteiger partial charge in [-0.15, -0.1) is 0 Å². The number of amides is 1. The summed E-state index contributed by atoms with van der Waals surface area (Å²) in [6.07, 6.45) is -1.02. The molecular formula is C16H13Cl3IN3OS. The van der Waals surface area contributed by atoms with E-state index < -0.39 is 9.96 Å². The molecule has 3 N–H and O–H groups in total. The van der Waals surface area contributed by atoms with Gasteiger partial charge in [-0.05, 0) is 71.2 Å². The molecule has 0 bridgehead atoms. The van der Waals surface area contributed by atoms with Gasteiger partial charge in [0.1, 0.15) is 6.17 Å². The summed E-state index contributed by atoms with van der Waals surface area (Å²) in [6, 6.07) is 16.2. The van der Waals surface area contributed by atoms with Gasteiger partial charge in [0.05, 0.1) is 0 Å². The minimum atomic E-state index is -1.80. The molecule has 0 aromatic heterocycles. The molecule has 0 radical (unpaired) electrons. The lowest BCUT2D eigenvalue weighted by atomic mass is 10.2. The van der Waals surface area contributed by atoms with Gasteiger partial charge in [0.15, 0.2) is 5.11 Å². The summed E-state index contributed by atoms with van der Waals surface area (Å²) >= 11 is 25.3. The van der Waals surface area contributed by atoms with E-state index in [0.29, 0.717) is 5.56 Å². The van der Waals surface area contributed by atoms with Gasteiger partial charge in [-0.25, -0.2) is 0 Å². The molecule has 2 rings (SSSR count). The second-order valence-electron chi connectivity index (χ2n) is 4.92. The van der Waals surface area contributed by atoms with Crippen LogP contribution in [0.25, 0.3) is 0 Å². The Morgan fingerprint density at radius 3 is 2.16 bits per heavy atom. The molecule has 1 atom stereocenters. The van der Waals surface area contributed by atoms with Crippen molar-refractivity contribution in [2.24, 2.45) is 0 Å². The van der Waals surface area contributed by atoms with Crippen molar-refractivity contribution in [2.75, 3.05) is 5.32 Å². The average Bonchev–Trinajstić information content (AvgIpc) is 2.56. The van der Waals surface area contributed by atoms with Crippen molar-refractivity contribution in [3.05, 3.63) is 63.7 Å². The molecule has 0 unspecified atom stereocenters. The first-order chi connectivity index (χ1) is 11.8. The number of rotatable bonds is 4. The molecule has 2 aromatic rings. The van der Waals surface area contributed by atoms with Crippen molar-refractivity contribution in [2.45, 2.75) is 9.96 Å². The van der Waals surface area contributed by atoms with Crippen LogP contribution in [0, 0.1) is 3.57 Å². The quantitative estimate of drug-likeness (QED) is 0.233. The van der Waals surface area contributed by atoms with Crippen LogP contribution in [0.1, 0.15) is 10.4 Å². The number of thiocarbonyl (C=S) groups is 1. The molecular weight excluding hydrogens is 516 g/mol. The Hall–Kier alpha value is -0.800. The number of carbonyl (C=O) groups is 1. The summed E-state index contributed by atoms with van der Waals surface area (Å²) in [6.45, 7) is 0. The zero-order chi connectivity index (χ0) is 18.4. The van der Waals surface area contributed by atoms with Gasteiger partial charge in [0.25, 0.3) is 5.91 Å². The highest BCUT2D eigenvalue weighted by atomic mass is 127. The second kappa shape index (κ2) is 9.23. The summed E-state index contributed by atoms with van der Waals surface area (Å²) < 4.78 is -0.710. The first kappa shape index (κ1) is 20.5. The number of halogens is 4. The summed E-state index contributed by atoms with van der Waals surface area (Å²) in [7, 11) is 0. The van der Waals surface area contributed by atoms with Crippen LogP contribution in [0.3, 0.4) is 0 Å². The SMILES string of the molecule is O=C(N[C@H](NC(=S)Nc1ccc(I)cc1)C(Cl)(Cl)Cl)c1ccccc1. The maximum Gasteiger partial charge on any atom is 0.252 e. The van der Waals surface area contributed by atoms with Crippen molar-refractivity contribution >= 4 is 86.3 Å². The lowest BCUT2D eigenvalue weighted by Crippen LogP contribution is -2.56. The minimum Gasteiger partial charge on any atom is -0.339 e. The van der Waals surface area contributed by atoms with Crippen LogP contribution >= 0.6 is 69.6 Å². The zero-order valence-corrected chi connectivity index (χ0v) is 17.8. The van der Waals surface area contributed by atoms with Gasteiger partial charge in [0, 0.05) is 14.8 Å². The molecule has 0 aliphatic carbocycles. The van der Waals surface area contributed by atoms with Crippen molar-refractivity contribution in [1.29, 1.82) is 0 Å². The summed E-state index contributed by atoms with van der Waals surface area (Å²) in [5.41, 5.74) is 1.22. The van der Waals surface area contributed by atoms with E-state index in [2.05, 4.69) is 38.5 Å². The van der Waals surface area contributed by atoms with Gasteiger partial charge in [-0.2, -0.15) is 0 Å². The van der Waals surface area contributed by atoms with Crippen LogP contribution < -0.4 is 16.0 Å². The van der Waals surface area contributed by atoms with E-state index in [1.165, 1.54) is 0 Å². The predicted octanol–water partition coefficient (Wildman–Crippen LogP) is 4.70. The second-order valence-corrected chi connectivity index (χ2v) is 8.94. The van der Waals surface area contributed by atoms with Crippen LogP contribution in [0.5, 0.6) is 0 Å². The van der Waals surface area contributed by atoms with Crippen LogP contribution in [-0.2, 0) is 0 Å². The Labute approximate surface area is 179 Å². The van der Waals surface area contributed by atoms with E-state index in [1.54, 1.807) is 24.3 Å². The Morgan fingerprint density at radius 1 is 1.00 bits per heavy atom. The highest BCUT2D eigenvalue weighted by Crippen LogP contribution is 2.29. The molecule has 2 aromatic carbocycles. The number of anilines is 1. The van der Waals surface area contributed by atoms with E-state index in [0.717, 1.165) is 9.26 Å². The molecule has 1 amide bonds. The fourth-order valence-electron chi connectivity index (χ4n) is 1.84. The first-order valence-corrected chi connectivity index (χ1v) is 9.63. The fourth-order valence-corrected chi connectivity index (χ4v) is 2.76. The van der Waals surface area contributed by atoms with Crippen LogP contribution in [0.15, 0.2) is 54.6 Å². The van der Waals surface area contributed by atoms with E-state index in [4.69, 9.17) is 47.0 Å². The van der Waals surface area contributed by atoms with E-state index in [9.17, 15) is 4.79 Å². The molecule has 0 aliphatic rings. The summed E-state index contributed by atoms with van der Waals surface area (Å²) in [5, 5.41) is 8.62. The van der Waals surface area contributed by atoms with Gasteiger partial charge < -0.3 is 16.0 Å². The van der Waals surface area contributed by atoms with Crippen molar-refractivity contribution in [3.63, 3.8) is 0 Å². The van der Waals surface area contributed by atoms with Gasteiger partial charge in [0.2, 0.25) is 3.79 Å². The fraction of sp³-hybridized carbons (Fsp3) is 0.125. The Kier molecular flexibility index (Phi) is 7.57. The molecule has 0 spiro atoms. The Morgan fingerprint density at radius 2 is 1.60 bits per heavy atom. The van der Waals surface area contributed by atoms with Gasteiger partial charge >= 0.3 is 0 Å². The summed E-state index contributed by atoms with van der Waals surface area (Å²) in [4.78, 5) is 12.3. The van der Waals surface area contributed by atoms with E-state index in [-0.39, 0.29) is 11.0 Å². The number of alkyl halides is 3. The molecule has 0 fully saturated rings. The largest absolute Gasteiger partial charge is 0.339 e. The van der Waals surface area contributed by atoms with Crippen LogP contribution in [-0.4, -0.2) is 21.0 Å². The topological polar surface area (TPSA) is 53.2 Å². The third kappa shape index (κ3) is 6.79. The first-order valence-electron chi connectivity index (χ1n) is 7.01. The molecule has 0 aliphatic heterocycles. The molecule has 0 saturated heterocycles. The standard InChI is InChI=1S/C16H13Cl3IN3OS/c17-16(18,19)14(22-13(24)10-4-2-1-3-5-10)23-15(25)21-12-8-6-11(20)7-9-12/h1-9,14H,(H,22,24)(H2,21,23,25)/t14-/m1/s1. The number of hydrogen-bond donors (Lipinski definition) is 3. The maximum absolute atomic E-state index is 12.3. The predicted molar refractivity (Wildman–Crippen MR) is 117 cm³/mol. The number of benzene rings is 2. The Bertz CT molecular complexity index is 739. The lowest BCUT2D eigenvalue weighted by molar-refractivity contribution is 0.0934. The van der Waals surface area contributed by atoms with Crippen LogP contribution in [0.4, 0.5) is 5.69 Å². The van der Waals surface area contributed by atoms with Gasteiger partial charge in [-0.1, -0.05) is 53.0 Å². The maximum atomic E-state index is 12.3. The Balaban J connectivity index is 2.03. The highest BCUT2D eigenvalue weighted by Gasteiger charge is 2.34. The third-order valence-corrected chi connectivity index (χ3v) is 4.61. The summed E-state index contributed by atoms with van der Waals surface area (Å²) in [5.74, 6) is -0.388. The molecule has 0 saturated carbocycles. The smallest absolute Gasteiger partial charge is 0.252 e. The van der Waals surface area contributed by atoms with Crippen LogP contribution in [0.2, 0.25) is 0 Å². The number of hydrogen-bond acceptors (Lipinski definition) is 2. The minimum absolute atomic E-state index is 0.214. The van der Waals surface area contributed by atoms with E-state index in [1.807, 2.05) is 30.3 Å². The normalized spacial score (nSPS) is 12.2. The highest BCUT2D eigenvalue weighted by molar-refractivity contribution is 14.1. The molecule has 9 heteroatoms. The van der Waals surface area contributed by atoms with Crippen molar-refractivity contribution < 1.29 is 4.79 Å². The molecule has 132 valence electrons. The lowest BCUT2D eigenvalue weighted by Gasteiger charge is -2.27. The molecule has 25 heavy (non-hydrogen) atoms. The number of nitrogens with one attached hydrogen (secondary N) is 3. The number of carbonyl (C=O) groups excluding carboxylic acids is 1. The van der Waals surface area contributed by atoms with Gasteiger partial charge in [-0.3, -0.25) is 4.79 Å². The van der Waals surface area contributed by atoms with Crippen molar-refractivity contribution in [1.82, 2.24) is 10.6 Å². The monoisotopic (exact) mass is 527 g/mol. The van der Waals surface area contributed by atoms with E-state index >= 15 is 0 Å². The third-order valence-electron chi connectivity index (χ3n) is 3.02. The molecule has 0 heterocycles. The molecule has 4 nitrogen and oxygen atoms in total. The van der Waals surface area contributed by atoms with Crippen molar-refractivity contribution in [3.8, 4) is 0 Å². The average molecular weight is 529 g/mol.